The molecule has 0 aliphatic heterocycles. The summed E-state index contributed by atoms with van der Waals surface area (Å²) in [5, 5.41) is 12.3. The second kappa shape index (κ2) is 14.1. The Morgan fingerprint density at radius 2 is 0.825 bits per heavy atom. The van der Waals surface area contributed by atoms with Crippen LogP contribution in [0, 0.1) is 0 Å². The highest BCUT2D eigenvalue weighted by Gasteiger charge is 2.20. The predicted molar refractivity (Wildman–Crippen MR) is 266 cm³/mol. The third kappa shape index (κ3) is 5.60. The van der Waals surface area contributed by atoms with Crippen LogP contribution in [0.4, 0.5) is 17.1 Å². The molecule has 0 bridgehead atoms. The van der Waals surface area contributed by atoms with Gasteiger partial charge in [0.15, 0.2) is 0 Å². The largest absolute Gasteiger partial charge is 0.456 e. The van der Waals surface area contributed by atoms with Crippen LogP contribution in [0.1, 0.15) is 0 Å². The average molecular weight is 803 g/mol. The van der Waals surface area contributed by atoms with Crippen LogP contribution in [0.3, 0.4) is 0 Å². The third-order valence-corrected chi connectivity index (χ3v) is 13.0. The van der Waals surface area contributed by atoms with Crippen LogP contribution >= 0.6 is 0 Å². The lowest BCUT2D eigenvalue weighted by molar-refractivity contribution is 0.669. The van der Waals surface area contributed by atoms with Gasteiger partial charge in [0.2, 0.25) is 0 Å². The van der Waals surface area contributed by atoms with Crippen LogP contribution in [-0.2, 0) is 0 Å². The molecule has 0 atom stereocenters. The molecule has 13 aromatic rings. The highest BCUT2D eigenvalue weighted by molar-refractivity contribution is 6.26. The Morgan fingerprint density at radius 3 is 1.54 bits per heavy atom. The summed E-state index contributed by atoms with van der Waals surface area (Å²) >= 11 is 0. The van der Waals surface area contributed by atoms with Crippen molar-refractivity contribution in [1.82, 2.24) is 4.57 Å². The molecular formula is C60H38N2O. The Labute approximate surface area is 363 Å². The smallest absolute Gasteiger partial charge is 0.136 e. The van der Waals surface area contributed by atoms with Crippen molar-refractivity contribution >= 4 is 93.1 Å². The molecule has 2 heterocycles. The highest BCUT2D eigenvalue weighted by atomic mass is 16.3. The summed E-state index contributed by atoms with van der Waals surface area (Å²) in [5.41, 5.74) is 13.1. The Kier molecular flexibility index (Phi) is 7.91. The Balaban J connectivity index is 0.981. The van der Waals surface area contributed by atoms with Crippen LogP contribution in [0.2, 0.25) is 0 Å². The number of anilines is 3. The zero-order valence-electron chi connectivity index (χ0n) is 34.2. The number of para-hydroxylation sites is 4. The van der Waals surface area contributed by atoms with Crippen molar-refractivity contribution in [2.45, 2.75) is 0 Å². The number of rotatable bonds is 6. The molecular weight excluding hydrogens is 765 g/mol. The van der Waals surface area contributed by atoms with E-state index in [2.05, 4.69) is 228 Å². The standard InChI is InChI=1S/C60H38N2O/c1-2-19-48-46(17-1)47-18-3-4-20-49(47)55-38-44(33-35-50(48)55)61(56-24-9-5-16-45(56)41-30-34-54-53-23-8-12-27-59(53)63-60(54)37-41)42-31-28-39(29-32-42)40-14-13-15-43(36-40)62-57-25-10-6-21-51(57)52-22-7-11-26-58(52)62/h1-38H. The molecule has 294 valence electrons. The van der Waals surface area contributed by atoms with Crippen molar-refractivity contribution in [1.29, 1.82) is 0 Å². The molecule has 0 fully saturated rings. The fourth-order valence-corrected chi connectivity index (χ4v) is 10.1. The molecule has 3 heteroatoms. The third-order valence-electron chi connectivity index (χ3n) is 13.0. The van der Waals surface area contributed by atoms with Gasteiger partial charge in [0, 0.05) is 44.2 Å². The topological polar surface area (TPSA) is 21.3 Å². The molecule has 2 aromatic heterocycles. The quantitative estimate of drug-likeness (QED) is 0.156. The minimum absolute atomic E-state index is 0.881. The lowest BCUT2D eigenvalue weighted by atomic mass is 9.93. The second-order valence-corrected chi connectivity index (χ2v) is 16.4. The molecule has 0 spiro atoms. The number of aromatic nitrogens is 1. The van der Waals surface area contributed by atoms with E-state index in [0.717, 1.165) is 66.9 Å². The SMILES string of the molecule is c1cc(-c2ccc(N(c3ccc4c5ccccc5c5ccccc5c4c3)c3ccccc3-c3ccc4c(c3)oc3ccccc34)cc2)cc(-n2c3ccccc3c3ccccc32)c1. The summed E-state index contributed by atoms with van der Waals surface area (Å²) in [7, 11) is 0. The maximum absolute atomic E-state index is 6.42. The monoisotopic (exact) mass is 802 g/mol. The van der Waals surface area contributed by atoms with Crippen LogP contribution < -0.4 is 4.90 Å². The van der Waals surface area contributed by atoms with Gasteiger partial charge in [-0.05, 0) is 122 Å². The molecule has 0 N–H and O–H groups in total. The number of hydrogen-bond acceptors (Lipinski definition) is 2. The number of benzene rings is 11. The van der Waals surface area contributed by atoms with Crippen molar-refractivity contribution in [3.05, 3.63) is 231 Å². The molecule has 0 aliphatic carbocycles. The van der Waals surface area contributed by atoms with Crippen molar-refractivity contribution < 1.29 is 4.42 Å². The minimum atomic E-state index is 0.881. The number of fused-ring (bicyclic) bond motifs is 12. The molecule has 13 rings (SSSR count). The molecule has 63 heavy (non-hydrogen) atoms. The Hall–Kier alpha value is -8.40. The Morgan fingerprint density at radius 1 is 0.302 bits per heavy atom. The first-order valence-electron chi connectivity index (χ1n) is 21.6. The fraction of sp³-hybridized carbons (Fsp3) is 0. The van der Waals surface area contributed by atoms with E-state index in [1.165, 1.54) is 54.1 Å². The summed E-state index contributed by atoms with van der Waals surface area (Å²) in [4.78, 5) is 2.42. The van der Waals surface area contributed by atoms with Gasteiger partial charge in [0.25, 0.3) is 0 Å². The molecule has 3 nitrogen and oxygen atoms in total. The predicted octanol–water partition coefficient (Wildman–Crippen LogP) is 16.9. The first-order chi connectivity index (χ1) is 31.2. The summed E-state index contributed by atoms with van der Waals surface area (Å²) < 4.78 is 8.81. The van der Waals surface area contributed by atoms with Gasteiger partial charge < -0.3 is 13.9 Å². The summed E-state index contributed by atoms with van der Waals surface area (Å²) in [6.07, 6.45) is 0. The zero-order chi connectivity index (χ0) is 41.4. The fourth-order valence-electron chi connectivity index (χ4n) is 10.1. The van der Waals surface area contributed by atoms with Gasteiger partial charge in [0.05, 0.1) is 16.7 Å². The lowest BCUT2D eigenvalue weighted by Gasteiger charge is -2.28. The number of nitrogens with zero attached hydrogens (tertiary/aromatic N) is 2. The lowest BCUT2D eigenvalue weighted by Crippen LogP contribution is -2.11. The second-order valence-electron chi connectivity index (χ2n) is 16.4. The normalized spacial score (nSPS) is 11.8. The van der Waals surface area contributed by atoms with E-state index in [9.17, 15) is 0 Å². The van der Waals surface area contributed by atoms with Gasteiger partial charge in [-0.1, -0.05) is 158 Å². The van der Waals surface area contributed by atoms with Crippen LogP contribution in [-0.4, -0.2) is 4.57 Å². The zero-order valence-corrected chi connectivity index (χ0v) is 34.2. The van der Waals surface area contributed by atoms with Crippen molar-refractivity contribution in [3.8, 4) is 27.9 Å². The van der Waals surface area contributed by atoms with E-state index in [0.29, 0.717) is 0 Å². The molecule has 0 saturated carbocycles. The minimum Gasteiger partial charge on any atom is -0.456 e. The van der Waals surface area contributed by atoms with E-state index >= 15 is 0 Å². The first-order valence-corrected chi connectivity index (χ1v) is 21.6. The van der Waals surface area contributed by atoms with Crippen LogP contribution in [0.25, 0.3) is 104 Å². The molecule has 0 saturated heterocycles. The maximum atomic E-state index is 6.42. The summed E-state index contributed by atoms with van der Waals surface area (Å²) in [6.45, 7) is 0. The van der Waals surface area contributed by atoms with Gasteiger partial charge in [-0.15, -0.1) is 0 Å². The van der Waals surface area contributed by atoms with Gasteiger partial charge in [-0.25, -0.2) is 0 Å². The van der Waals surface area contributed by atoms with Crippen LogP contribution in [0.15, 0.2) is 235 Å². The van der Waals surface area contributed by atoms with Gasteiger partial charge >= 0.3 is 0 Å². The van der Waals surface area contributed by atoms with Crippen LogP contribution in [0.5, 0.6) is 0 Å². The van der Waals surface area contributed by atoms with E-state index in [-0.39, 0.29) is 0 Å². The molecule has 11 aromatic carbocycles. The van der Waals surface area contributed by atoms with Crippen molar-refractivity contribution in [3.63, 3.8) is 0 Å². The van der Waals surface area contributed by atoms with Crippen molar-refractivity contribution in [2.75, 3.05) is 4.90 Å². The molecule has 0 aliphatic rings. The van der Waals surface area contributed by atoms with E-state index < -0.39 is 0 Å². The number of furan rings is 1. The highest BCUT2D eigenvalue weighted by Crippen LogP contribution is 2.45. The van der Waals surface area contributed by atoms with Gasteiger partial charge in [0.1, 0.15) is 11.2 Å². The molecule has 0 unspecified atom stereocenters. The van der Waals surface area contributed by atoms with Crippen molar-refractivity contribution in [2.24, 2.45) is 0 Å². The average Bonchev–Trinajstić information content (AvgIpc) is 3.90. The van der Waals surface area contributed by atoms with Gasteiger partial charge in [-0.3, -0.25) is 0 Å². The number of hydrogen-bond donors (Lipinski definition) is 0. The first kappa shape index (κ1) is 35.4. The van der Waals surface area contributed by atoms with Gasteiger partial charge in [-0.2, -0.15) is 0 Å². The van der Waals surface area contributed by atoms with E-state index in [1.807, 2.05) is 12.1 Å². The summed E-state index contributed by atoms with van der Waals surface area (Å²) in [6, 6.07) is 83.6. The van der Waals surface area contributed by atoms with E-state index in [4.69, 9.17) is 4.42 Å². The molecule has 0 radical (unpaired) electrons. The maximum Gasteiger partial charge on any atom is 0.136 e. The summed E-state index contributed by atoms with van der Waals surface area (Å²) in [5.74, 6) is 0. The Bertz CT molecular complexity index is 3840. The van der Waals surface area contributed by atoms with E-state index in [1.54, 1.807) is 0 Å². The molecule has 0 amide bonds.